The van der Waals surface area contributed by atoms with Gasteiger partial charge in [-0.15, -0.1) is 11.6 Å². The van der Waals surface area contributed by atoms with Crippen LogP contribution >= 0.6 is 46.4 Å². The summed E-state index contributed by atoms with van der Waals surface area (Å²) in [4.78, 5) is 36.7. The van der Waals surface area contributed by atoms with Gasteiger partial charge >= 0.3 is 5.97 Å². The van der Waals surface area contributed by atoms with Crippen molar-refractivity contribution in [1.29, 1.82) is 0 Å². The fourth-order valence-electron chi connectivity index (χ4n) is 2.71. The molecule has 1 heterocycles. The molecule has 0 N–H and O–H groups in total. The van der Waals surface area contributed by atoms with Gasteiger partial charge < -0.3 is 4.74 Å². The SMILES string of the molecule is CCCCOC(=O)C(Cl)(N1C(=O)c2ccccc2C1=O)C(Cl)(Cl)C(Cl)CC. The van der Waals surface area contributed by atoms with E-state index in [2.05, 4.69) is 0 Å². The Bertz CT molecular complexity index is 720. The lowest BCUT2D eigenvalue weighted by atomic mass is 10.1. The normalized spacial score (nSPS) is 17.5. The molecular formula is C18H19Cl4NO4. The third-order valence-electron chi connectivity index (χ3n) is 4.30. The van der Waals surface area contributed by atoms with E-state index >= 15 is 0 Å². The fourth-order valence-corrected chi connectivity index (χ4v) is 3.90. The van der Waals surface area contributed by atoms with Crippen LogP contribution in [0.1, 0.15) is 53.8 Å². The van der Waals surface area contributed by atoms with Crippen molar-refractivity contribution >= 4 is 64.2 Å². The van der Waals surface area contributed by atoms with Crippen molar-refractivity contribution in [2.24, 2.45) is 0 Å². The van der Waals surface area contributed by atoms with Crippen LogP contribution in [0.25, 0.3) is 0 Å². The van der Waals surface area contributed by atoms with Gasteiger partial charge in [0.25, 0.3) is 16.8 Å². The van der Waals surface area contributed by atoms with Crippen LogP contribution in [0, 0.1) is 0 Å². The van der Waals surface area contributed by atoms with Gasteiger partial charge in [0.05, 0.1) is 23.1 Å². The van der Waals surface area contributed by atoms with E-state index in [0.29, 0.717) is 11.3 Å². The molecule has 2 unspecified atom stereocenters. The molecule has 2 atom stereocenters. The van der Waals surface area contributed by atoms with Crippen LogP contribution in [0.15, 0.2) is 24.3 Å². The Morgan fingerprint density at radius 2 is 1.63 bits per heavy atom. The van der Waals surface area contributed by atoms with E-state index in [1.54, 1.807) is 19.1 Å². The zero-order chi connectivity index (χ0) is 20.4. The number of esters is 1. The first-order valence-corrected chi connectivity index (χ1v) is 10.1. The number of carbonyl (C=O) groups excluding carboxylic acids is 3. The van der Waals surface area contributed by atoms with E-state index < -0.39 is 32.5 Å². The lowest BCUT2D eigenvalue weighted by Crippen LogP contribution is -2.65. The molecule has 148 valence electrons. The van der Waals surface area contributed by atoms with Crippen molar-refractivity contribution in [3.8, 4) is 0 Å². The first-order valence-electron chi connectivity index (χ1n) is 8.50. The second-order valence-electron chi connectivity index (χ2n) is 6.10. The highest BCUT2D eigenvalue weighted by Crippen LogP contribution is 2.50. The van der Waals surface area contributed by atoms with E-state index in [4.69, 9.17) is 51.1 Å². The number of fused-ring (bicyclic) bond motifs is 1. The second-order valence-corrected chi connectivity index (χ2v) is 8.56. The summed E-state index contributed by atoms with van der Waals surface area (Å²) in [5, 5.41) is -1.04. The molecule has 0 fully saturated rings. The standard InChI is InChI=1S/C18H19Cl4NO4/c1-3-5-10-27-16(26)18(22,17(20,21)13(19)4-2)23-14(24)11-8-6-7-9-12(11)15(23)25/h6-9,13H,3-5,10H2,1-2H3. The minimum atomic E-state index is -2.53. The smallest absolute Gasteiger partial charge is 0.351 e. The minimum absolute atomic E-state index is 0.0376. The third kappa shape index (κ3) is 3.67. The summed E-state index contributed by atoms with van der Waals surface area (Å²) in [5.74, 6) is -2.68. The van der Waals surface area contributed by atoms with Crippen LogP contribution in [0.4, 0.5) is 0 Å². The molecule has 27 heavy (non-hydrogen) atoms. The third-order valence-corrected chi connectivity index (χ3v) is 7.05. The van der Waals surface area contributed by atoms with Gasteiger partial charge in [0.2, 0.25) is 0 Å². The Morgan fingerprint density at radius 1 is 1.11 bits per heavy atom. The summed E-state index contributed by atoms with van der Waals surface area (Å²) in [7, 11) is 0. The van der Waals surface area contributed by atoms with E-state index in [1.807, 2.05) is 6.92 Å². The molecule has 1 aliphatic rings. The first kappa shape index (κ1) is 22.3. The Labute approximate surface area is 177 Å². The molecule has 0 aliphatic carbocycles. The molecule has 0 radical (unpaired) electrons. The number of benzene rings is 1. The maximum absolute atomic E-state index is 12.9. The highest BCUT2D eigenvalue weighted by Gasteiger charge is 2.67. The van der Waals surface area contributed by atoms with Crippen molar-refractivity contribution in [1.82, 2.24) is 4.90 Å². The number of imide groups is 1. The molecule has 1 aromatic carbocycles. The Morgan fingerprint density at radius 3 is 2.07 bits per heavy atom. The van der Waals surface area contributed by atoms with Crippen molar-refractivity contribution < 1.29 is 19.1 Å². The summed E-state index contributed by atoms with van der Waals surface area (Å²) < 4.78 is 3.00. The molecule has 2 amide bonds. The minimum Gasteiger partial charge on any atom is -0.463 e. The Kier molecular flexibility index (Phi) is 7.06. The van der Waals surface area contributed by atoms with Crippen LogP contribution in [0.5, 0.6) is 0 Å². The number of amides is 2. The van der Waals surface area contributed by atoms with Crippen molar-refractivity contribution in [3.63, 3.8) is 0 Å². The predicted molar refractivity (Wildman–Crippen MR) is 106 cm³/mol. The summed E-state index contributed by atoms with van der Waals surface area (Å²) in [6.07, 6.45) is 1.56. The maximum Gasteiger partial charge on any atom is 0.351 e. The average molecular weight is 455 g/mol. The van der Waals surface area contributed by atoms with E-state index in [0.717, 1.165) is 6.42 Å². The number of alkyl halides is 4. The lowest BCUT2D eigenvalue weighted by molar-refractivity contribution is -0.151. The first-order chi connectivity index (χ1) is 12.6. The summed E-state index contributed by atoms with van der Waals surface area (Å²) in [6.45, 7) is 3.63. The monoisotopic (exact) mass is 453 g/mol. The van der Waals surface area contributed by atoms with E-state index in [9.17, 15) is 14.4 Å². The molecule has 2 rings (SSSR count). The molecule has 1 aromatic rings. The quantitative estimate of drug-likeness (QED) is 0.187. The topological polar surface area (TPSA) is 63.7 Å². The van der Waals surface area contributed by atoms with Crippen LogP contribution in [0.2, 0.25) is 0 Å². The number of hydrogen-bond donors (Lipinski definition) is 0. The molecular weight excluding hydrogens is 436 g/mol. The molecule has 9 heteroatoms. The van der Waals surface area contributed by atoms with Crippen LogP contribution in [0.3, 0.4) is 0 Å². The maximum atomic E-state index is 12.9. The summed E-state index contributed by atoms with van der Waals surface area (Å²) in [6, 6.07) is 6.09. The van der Waals surface area contributed by atoms with Crippen LogP contribution in [-0.2, 0) is 9.53 Å². The summed E-state index contributed by atoms with van der Waals surface area (Å²) >= 11 is 25.6. The largest absolute Gasteiger partial charge is 0.463 e. The van der Waals surface area contributed by atoms with Crippen molar-refractivity contribution in [2.45, 2.75) is 47.8 Å². The van der Waals surface area contributed by atoms with Gasteiger partial charge in [0.1, 0.15) is 0 Å². The number of ether oxygens (including phenoxy) is 1. The molecule has 1 aliphatic heterocycles. The molecule has 0 bridgehead atoms. The van der Waals surface area contributed by atoms with Gasteiger partial charge in [-0.2, -0.15) is 0 Å². The van der Waals surface area contributed by atoms with Gasteiger partial charge in [-0.1, -0.05) is 67.2 Å². The lowest BCUT2D eigenvalue weighted by Gasteiger charge is -2.42. The highest BCUT2D eigenvalue weighted by atomic mass is 35.5. The fraction of sp³-hybridized carbons (Fsp3) is 0.500. The summed E-state index contributed by atoms with van der Waals surface area (Å²) in [5.41, 5.74) is 0.196. The second kappa shape index (κ2) is 8.56. The Balaban J connectivity index is 2.55. The van der Waals surface area contributed by atoms with Gasteiger partial charge in [-0.05, 0) is 25.0 Å². The molecule has 0 saturated heterocycles. The zero-order valence-corrected chi connectivity index (χ0v) is 17.8. The van der Waals surface area contributed by atoms with E-state index in [1.165, 1.54) is 12.1 Å². The van der Waals surface area contributed by atoms with Crippen LogP contribution in [-0.4, -0.2) is 44.0 Å². The number of hydrogen-bond acceptors (Lipinski definition) is 4. The van der Waals surface area contributed by atoms with Gasteiger partial charge in [-0.3, -0.25) is 9.59 Å². The highest BCUT2D eigenvalue weighted by molar-refractivity contribution is 6.60. The average Bonchev–Trinajstić information content (AvgIpc) is 2.91. The van der Waals surface area contributed by atoms with Gasteiger partial charge in [-0.25, -0.2) is 9.69 Å². The van der Waals surface area contributed by atoms with E-state index in [-0.39, 0.29) is 24.2 Å². The molecule has 0 saturated carbocycles. The van der Waals surface area contributed by atoms with Gasteiger partial charge in [0.15, 0.2) is 4.33 Å². The predicted octanol–water partition coefficient (Wildman–Crippen LogP) is 4.75. The number of halogens is 4. The molecule has 5 nitrogen and oxygen atoms in total. The number of nitrogens with zero attached hydrogens (tertiary/aromatic N) is 1. The zero-order valence-electron chi connectivity index (χ0n) is 14.8. The van der Waals surface area contributed by atoms with Crippen molar-refractivity contribution in [2.75, 3.05) is 6.61 Å². The molecule has 0 aromatic heterocycles. The Hall–Kier alpha value is -1.01. The van der Waals surface area contributed by atoms with Crippen LogP contribution < -0.4 is 0 Å². The number of unbranched alkanes of at least 4 members (excludes halogenated alkanes) is 1. The number of rotatable bonds is 8. The van der Waals surface area contributed by atoms with Gasteiger partial charge in [0, 0.05) is 0 Å². The number of carbonyl (C=O) groups is 3. The van der Waals surface area contributed by atoms with Crippen molar-refractivity contribution in [3.05, 3.63) is 35.4 Å². The molecule has 0 spiro atoms.